The van der Waals surface area contributed by atoms with Crippen LogP contribution in [0.2, 0.25) is 0 Å². The van der Waals surface area contributed by atoms with Crippen LogP contribution in [-0.4, -0.2) is 18.6 Å². The summed E-state index contributed by atoms with van der Waals surface area (Å²) in [5.74, 6) is 1.94. The van der Waals surface area contributed by atoms with Gasteiger partial charge in [0.1, 0.15) is 0 Å². The molecular formula is C18H28N2. The van der Waals surface area contributed by atoms with E-state index in [0.29, 0.717) is 0 Å². The maximum absolute atomic E-state index is 3.55. The van der Waals surface area contributed by atoms with E-state index in [1.165, 1.54) is 43.6 Å². The first-order valence-corrected chi connectivity index (χ1v) is 8.10. The van der Waals surface area contributed by atoms with Crippen molar-refractivity contribution in [2.24, 2.45) is 11.8 Å². The first-order chi connectivity index (χ1) is 9.51. The van der Waals surface area contributed by atoms with Crippen LogP contribution in [0.3, 0.4) is 0 Å². The lowest BCUT2D eigenvalue weighted by Crippen LogP contribution is -2.35. The van der Waals surface area contributed by atoms with Gasteiger partial charge in [0.25, 0.3) is 0 Å². The molecule has 1 aromatic carbocycles. The lowest BCUT2D eigenvalue weighted by Gasteiger charge is -2.22. The van der Waals surface area contributed by atoms with Crippen molar-refractivity contribution < 1.29 is 0 Å². The van der Waals surface area contributed by atoms with Crippen molar-refractivity contribution in [2.45, 2.75) is 52.1 Å². The smallest absolute Gasteiger partial charge is 0.0366 e. The molecule has 1 N–H and O–H groups in total. The Kier molecular flexibility index (Phi) is 3.76. The number of nitrogens with zero attached hydrogens (tertiary/aromatic N) is 1. The molecule has 2 aliphatic rings. The number of hydrogen-bond acceptors (Lipinski definition) is 2. The largest absolute Gasteiger partial charge is 0.371 e. The third-order valence-corrected chi connectivity index (χ3v) is 4.85. The van der Waals surface area contributed by atoms with Gasteiger partial charge in [-0.15, -0.1) is 0 Å². The van der Waals surface area contributed by atoms with Crippen molar-refractivity contribution in [2.75, 3.05) is 18.0 Å². The molecule has 0 amide bonds. The highest BCUT2D eigenvalue weighted by atomic mass is 15.2. The molecule has 0 bridgehead atoms. The third-order valence-electron chi connectivity index (χ3n) is 4.85. The number of rotatable bonds is 3. The monoisotopic (exact) mass is 272 g/mol. The van der Waals surface area contributed by atoms with E-state index in [9.17, 15) is 0 Å². The van der Waals surface area contributed by atoms with Crippen LogP contribution in [-0.2, 0) is 6.54 Å². The fraction of sp³-hybridized carbons (Fsp3) is 0.667. The topological polar surface area (TPSA) is 15.3 Å². The van der Waals surface area contributed by atoms with E-state index >= 15 is 0 Å². The van der Waals surface area contributed by atoms with E-state index in [2.05, 4.69) is 55.3 Å². The van der Waals surface area contributed by atoms with Gasteiger partial charge >= 0.3 is 0 Å². The highest BCUT2D eigenvalue weighted by Gasteiger charge is 2.35. The lowest BCUT2D eigenvalue weighted by atomic mass is 10.0. The van der Waals surface area contributed by atoms with Crippen molar-refractivity contribution in [3.05, 3.63) is 29.8 Å². The zero-order valence-electron chi connectivity index (χ0n) is 13.2. The normalized spacial score (nSPS) is 26.1. The van der Waals surface area contributed by atoms with Gasteiger partial charge in [0.05, 0.1) is 0 Å². The molecule has 2 unspecified atom stereocenters. The zero-order valence-corrected chi connectivity index (χ0v) is 13.2. The zero-order chi connectivity index (χ0) is 14.2. The average molecular weight is 272 g/mol. The molecule has 1 aromatic rings. The maximum atomic E-state index is 3.55. The summed E-state index contributed by atoms with van der Waals surface area (Å²) in [5, 5.41) is 3.55. The van der Waals surface area contributed by atoms with Crippen molar-refractivity contribution >= 4 is 5.69 Å². The Morgan fingerprint density at radius 3 is 2.20 bits per heavy atom. The number of fused-ring (bicyclic) bond motifs is 1. The molecule has 1 saturated carbocycles. The number of anilines is 1. The minimum atomic E-state index is 0.186. The van der Waals surface area contributed by atoms with Crippen LogP contribution in [0.1, 0.15) is 45.6 Å². The average Bonchev–Trinajstić information content (AvgIpc) is 2.97. The third kappa shape index (κ3) is 3.17. The van der Waals surface area contributed by atoms with Crippen molar-refractivity contribution in [3.63, 3.8) is 0 Å². The predicted octanol–water partition coefficient (Wildman–Crippen LogP) is 3.81. The van der Waals surface area contributed by atoms with Crippen LogP contribution >= 0.6 is 0 Å². The van der Waals surface area contributed by atoms with Crippen molar-refractivity contribution in [1.29, 1.82) is 0 Å². The lowest BCUT2D eigenvalue weighted by molar-refractivity contribution is 0.424. The Labute approximate surface area is 123 Å². The molecule has 3 rings (SSSR count). The Morgan fingerprint density at radius 1 is 1.05 bits per heavy atom. The predicted molar refractivity (Wildman–Crippen MR) is 86.1 cm³/mol. The summed E-state index contributed by atoms with van der Waals surface area (Å²) in [4.78, 5) is 2.59. The molecule has 0 radical (unpaired) electrons. The van der Waals surface area contributed by atoms with Gasteiger partial charge in [-0.25, -0.2) is 0 Å². The van der Waals surface area contributed by atoms with Gasteiger partial charge in [-0.2, -0.15) is 0 Å². The number of benzene rings is 1. The summed E-state index contributed by atoms with van der Waals surface area (Å²) in [6.45, 7) is 10.2. The highest BCUT2D eigenvalue weighted by Crippen LogP contribution is 2.39. The second kappa shape index (κ2) is 5.40. The molecule has 20 heavy (non-hydrogen) atoms. The summed E-state index contributed by atoms with van der Waals surface area (Å²) >= 11 is 0. The first kappa shape index (κ1) is 13.9. The summed E-state index contributed by atoms with van der Waals surface area (Å²) in [6, 6.07) is 9.17. The van der Waals surface area contributed by atoms with Gasteiger partial charge in [0.2, 0.25) is 0 Å². The Hall–Kier alpha value is -1.02. The molecule has 1 heterocycles. The van der Waals surface area contributed by atoms with E-state index in [4.69, 9.17) is 0 Å². The van der Waals surface area contributed by atoms with Gasteiger partial charge < -0.3 is 10.2 Å². The van der Waals surface area contributed by atoms with E-state index < -0.39 is 0 Å². The van der Waals surface area contributed by atoms with Gasteiger partial charge in [-0.3, -0.25) is 0 Å². The molecule has 2 heteroatoms. The van der Waals surface area contributed by atoms with Gasteiger partial charge in [-0.05, 0) is 63.1 Å². The van der Waals surface area contributed by atoms with Gasteiger partial charge in [-0.1, -0.05) is 18.6 Å². The summed E-state index contributed by atoms with van der Waals surface area (Å²) < 4.78 is 0. The molecule has 0 aromatic heterocycles. The molecule has 110 valence electrons. The minimum Gasteiger partial charge on any atom is -0.371 e. The van der Waals surface area contributed by atoms with Crippen LogP contribution in [0.25, 0.3) is 0 Å². The molecule has 0 spiro atoms. The van der Waals surface area contributed by atoms with Crippen LogP contribution in [0.4, 0.5) is 5.69 Å². The van der Waals surface area contributed by atoms with E-state index in [1.54, 1.807) is 0 Å². The number of nitrogens with one attached hydrogen (secondary N) is 1. The maximum Gasteiger partial charge on any atom is 0.0366 e. The van der Waals surface area contributed by atoms with Crippen LogP contribution < -0.4 is 10.2 Å². The van der Waals surface area contributed by atoms with Crippen molar-refractivity contribution in [1.82, 2.24) is 5.32 Å². The quantitative estimate of drug-likeness (QED) is 0.900. The van der Waals surface area contributed by atoms with Gasteiger partial charge in [0.15, 0.2) is 0 Å². The fourth-order valence-corrected chi connectivity index (χ4v) is 3.64. The summed E-state index contributed by atoms with van der Waals surface area (Å²) in [5.41, 5.74) is 2.98. The Balaban J connectivity index is 1.59. The second-order valence-electron chi connectivity index (χ2n) is 7.63. The first-order valence-electron chi connectivity index (χ1n) is 8.10. The van der Waals surface area contributed by atoms with Crippen LogP contribution in [0.5, 0.6) is 0 Å². The van der Waals surface area contributed by atoms with Crippen molar-refractivity contribution in [3.8, 4) is 0 Å². The summed E-state index contributed by atoms with van der Waals surface area (Å²) in [7, 11) is 0. The molecule has 2 atom stereocenters. The standard InChI is InChI=1S/C18H28N2/c1-18(2,3)19-11-14-7-9-17(10-8-14)20-12-15-5-4-6-16(15)13-20/h7-10,15-16,19H,4-6,11-13H2,1-3H3. The van der Waals surface area contributed by atoms with Gasteiger partial charge in [0, 0.05) is 30.9 Å². The summed E-state index contributed by atoms with van der Waals surface area (Å²) in [6.07, 6.45) is 4.37. The molecule has 2 nitrogen and oxygen atoms in total. The molecule has 2 fully saturated rings. The second-order valence-corrected chi connectivity index (χ2v) is 7.63. The van der Waals surface area contributed by atoms with Crippen LogP contribution in [0.15, 0.2) is 24.3 Å². The molecule has 1 aliphatic carbocycles. The molecule has 1 aliphatic heterocycles. The van der Waals surface area contributed by atoms with Crippen LogP contribution in [0, 0.1) is 11.8 Å². The van der Waals surface area contributed by atoms with E-state index in [0.717, 1.165) is 18.4 Å². The van der Waals surface area contributed by atoms with E-state index in [1.807, 2.05) is 0 Å². The SMILES string of the molecule is CC(C)(C)NCc1ccc(N2CC3CCCC3C2)cc1. The fourth-order valence-electron chi connectivity index (χ4n) is 3.64. The van der Waals surface area contributed by atoms with E-state index in [-0.39, 0.29) is 5.54 Å². The minimum absolute atomic E-state index is 0.186. The Bertz CT molecular complexity index is 431. The number of hydrogen-bond donors (Lipinski definition) is 1. The molecule has 1 saturated heterocycles. The Morgan fingerprint density at radius 2 is 1.65 bits per heavy atom. The highest BCUT2D eigenvalue weighted by molar-refractivity contribution is 5.49. The molecular weight excluding hydrogens is 244 g/mol.